The van der Waals surface area contributed by atoms with Gasteiger partial charge in [0.05, 0.1) is 12.1 Å². The molecule has 2 atom stereocenters. The maximum absolute atomic E-state index is 11.7. The van der Waals surface area contributed by atoms with E-state index >= 15 is 0 Å². The molecular weight excluding hydrogens is 232 g/mol. The Kier molecular flexibility index (Phi) is 4.85. The lowest BCUT2D eigenvalue weighted by Gasteiger charge is -2.15. The number of Topliss-reactive ketones (excluding diaryl/α,β-unsaturated/α-hetero) is 1. The van der Waals surface area contributed by atoms with E-state index in [-0.39, 0.29) is 17.4 Å². The molecule has 4 N–H and O–H groups in total. The molecule has 0 aliphatic heterocycles. The second kappa shape index (κ2) is 6.16. The highest BCUT2D eigenvalue weighted by Gasteiger charge is 2.17. The van der Waals surface area contributed by atoms with Crippen molar-refractivity contribution in [1.82, 2.24) is 5.32 Å². The maximum atomic E-state index is 11.7. The van der Waals surface area contributed by atoms with E-state index in [0.29, 0.717) is 6.42 Å². The molecule has 0 radical (unpaired) electrons. The van der Waals surface area contributed by atoms with E-state index in [1.165, 1.54) is 19.1 Å². The van der Waals surface area contributed by atoms with Crippen LogP contribution < -0.4 is 11.1 Å². The van der Waals surface area contributed by atoms with Gasteiger partial charge in [0, 0.05) is 0 Å². The first-order valence-electron chi connectivity index (χ1n) is 5.74. The highest BCUT2D eigenvalue weighted by atomic mass is 16.3. The van der Waals surface area contributed by atoms with Crippen molar-refractivity contribution in [1.29, 1.82) is 0 Å². The summed E-state index contributed by atoms with van der Waals surface area (Å²) in [6.45, 7) is 3.03. The first kappa shape index (κ1) is 14.2. The van der Waals surface area contributed by atoms with Gasteiger partial charge in [-0.05, 0) is 38.0 Å². The molecule has 1 amide bonds. The summed E-state index contributed by atoms with van der Waals surface area (Å²) in [6, 6.07) is 5.25. The van der Waals surface area contributed by atoms with Gasteiger partial charge < -0.3 is 16.2 Å². The van der Waals surface area contributed by atoms with Crippen LogP contribution in [0.15, 0.2) is 24.3 Å². The summed E-state index contributed by atoms with van der Waals surface area (Å²) in [7, 11) is 0. The largest absolute Gasteiger partial charge is 0.508 e. The molecule has 98 valence electrons. The molecule has 0 bridgehead atoms. The lowest BCUT2D eigenvalue weighted by atomic mass is 10.1. The Morgan fingerprint density at radius 2 is 1.89 bits per heavy atom. The van der Waals surface area contributed by atoms with Gasteiger partial charge in [-0.2, -0.15) is 0 Å². The standard InChI is InChI=1S/C13H18N2O3/c1-8(9(2)16)15-13(18)12(14)7-10-3-5-11(17)6-4-10/h3-6,8,12,17H,7,14H2,1-2H3,(H,15,18)/t8-,12-/m0/s1. The summed E-state index contributed by atoms with van der Waals surface area (Å²) in [5.41, 5.74) is 6.60. The number of aromatic hydroxyl groups is 1. The van der Waals surface area contributed by atoms with Crippen LogP contribution in [-0.4, -0.2) is 28.9 Å². The molecule has 0 saturated carbocycles. The second-order valence-electron chi connectivity index (χ2n) is 4.32. The van der Waals surface area contributed by atoms with Crippen LogP contribution in [0.25, 0.3) is 0 Å². The fraction of sp³-hybridized carbons (Fsp3) is 0.385. The monoisotopic (exact) mass is 250 g/mol. The summed E-state index contributed by atoms with van der Waals surface area (Å²) < 4.78 is 0. The molecule has 0 aliphatic rings. The van der Waals surface area contributed by atoms with Gasteiger partial charge in [0.2, 0.25) is 5.91 Å². The predicted molar refractivity (Wildman–Crippen MR) is 68.1 cm³/mol. The molecule has 0 spiro atoms. The molecule has 0 saturated heterocycles. The predicted octanol–water partition coefficient (Wildman–Crippen LogP) is 0.356. The number of amides is 1. The van der Waals surface area contributed by atoms with Crippen molar-refractivity contribution >= 4 is 11.7 Å². The minimum Gasteiger partial charge on any atom is -0.508 e. The van der Waals surface area contributed by atoms with Crippen molar-refractivity contribution in [3.8, 4) is 5.75 Å². The third-order valence-corrected chi connectivity index (χ3v) is 2.70. The van der Waals surface area contributed by atoms with Crippen LogP contribution >= 0.6 is 0 Å². The number of phenolic OH excluding ortho intramolecular Hbond substituents is 1. The molecule has 1 aromatic carbocycles. The Hall–Kier alpha value is -1.88. The Balaban J connectivity index is 2.54. The van der Waals surface area contributed by atoms with E-state index in [4.69, 9.17) is 10.8 Å². The molecule has 0 aliphatic carbocycles. The average Bonchev–Trinajstić information content (AvgIpc) is 2.31. The topological polar surface area (TPSA) is 92.4 Å². The van der Waals surface area contributed by atoms with Gasteiger partial charge in [-0.1, -0.05) is 12.1 Å². The molecule has 0 aromatic heterocycles. The lowest BCUT2D eigenvalue weighted by molar-refractivity contribution is -0.127. The number of ketones is 1. The summed E-state index contributed by atoms with van der Waals surface area (Å²) >= 11 is 0. The molecule has 0 unspecified atom stereocenters. The highest BCUT2D eigenvalue weighted by Crippen LogP contribution is 2.10. The van der Waals surface area contributed by atoms with Crippen molar-refractivity contribution in [2.75, 3.05) is 0 Å². The van der Waals surface area contributed by atoms with Crippen LogP contribution in [0.2, 0.25) is 0 Å². The number of carbonyl (C=O) groups excluding carboxylic acids is 2. The summed E-state index contributed by atoms with van der Waals surface area (Å²) in [5.74, 6) is -0.298. The zero-order valence-electron chi connectivity index (χ0n) is 10.5. The molecule has 1 aromatic rings. The number of phenols is 1. The molecule has 0 fully saturated rings. The first-order valence-corrected chi connectivity index (χ1v) is 5.74. The second-order valence-corrected chi connectivity index (χ2v) is 4.32. The Morgan fingerprint density at radius 3 is 2.39 bits per heavy atom. The van der Waals surface area contributed by atoms with Crippen molar-refractivity contribution in [2.45, 2.75) is 32.4 Å². The van der Waals surface area contributed by atoms with Crippen LogP contribution in [0.1, 0.15) is 19.4 Å². The van der Waals surface area contributed by atoms with Crippen LogP contribution in [0.4, 0.5) is 0 Å². The lowest BCUT2D eigenvalue weighted by Crippen LogP contribution is -2.47. The van der Waals surface area contributed by atoms with Crippen LogP contribution in [0.5, 0.6) is 5.75 Å². The Morgan fingerprint density at radius 1 is 1.33 bits per heavy atom. The quantitative estimate of drug-likeness (QED) is 0.703. The van der Waals surface area contributed by atoms with Gasteiger partial charge >= 0.3 is 0 Å². The molecule has 1 rings (SSSR count). The summed E-state index contributed by atoms with van der Waals surface area (Å²) in [6.07, 6.45) is 0.358. The minimum absolute atomic E-state index is 0.111. The minimum atomic E-state index is -0.712. The molecule has 5 heteroatoms. The van der Waals surface area contributed by atoms with E-state index in [1.807, 2.05) is 0 Å². The van der Waals surface area contributed by atoms with Gasteiger partial charge in [-0.3, -0.25) is 9.59 Å². The number of carbonyl (C=O) groups is 2. The van der Waals surface area contributed by atoms with Crippen LogP contribution in [0, 0.1) is 0 Å². The average molecular weight is 250 g/mol. The van der Waals surface area contributed by atoms with Crippen molar-refractivity contribution in [3.63, 3.8) is 0 Å². The zero-order valence-corrected chi connectivity index (χ0v) is 10.5. The zero-order chi connectivity index (χ0) is 13.7. The number of benzene rings is 1. The number of hydrogen-bond donors (Lipinski definition) is 3. The van der Waals surface area contributed by atoms with Gasteiger partial charge in [-0.25, -0.2) is 0 Å². The molecular formula is C13H18N2O3. The van der Waals surface area contributed by atoms with Crippen molar-refractivity contribution < 1.29 is 14.7 Å². The number of rotatable bonds is 5. The van der Waals surface area contributed by atoms with Gasteiger partial charge in [0.15, 0.2) is 5.78 Å². The van der Waals surface area contributed by atoms with Gasteiger partial charge in [-0.15, -0.1) is 0 Å². The third-order valence-electron chi connectivity index (χ3n) is 2.70. The van der Waals surface area contributed by atoms with E-state index in [0.717, 1.165) is 5.56 Å². The van der Waals surface area contributed by atoms with Crippen molar-refractivity contribution in [3.05, 3.63) is 29.8 Å². The summed E-state index contributed by atoms with van der Waals surface area (Å²) in [4.78, 5) is 22.7. The Bertz CT molecular complexity index is 428. The van der Waals surface area contributed by atoms with E-state index < -0.39 is 12.1 Å². The first-order chi connectivity index (χ1) is 8.40. The van der Waals surface area contributed by atoms with Gasteiger partial charge in [0.1, 0.15) is 5.75 Å². The molecule has 0 heterocycles. The van der Waals surface area contributed by atoms with Crippen LogP contribution in [0.3, 0.4) is 0 Å². The number of hydrogen-bond acceptors (Lipinski definition) is 4. The fourth-order valence-electron chi connectivity index (χ4n) is 1.40. The maximum Gasteiger partial charge on any atom is 0.237 e. The van der Waals surface area contributed by atoms with Gasteiger partial charge in [0.25, 0.3) is 0 Å². The molecule has 18 heavy (non-hydrogen) atoms. The van der Waals surface area contributed by atoms with Crippen LogP contribution in [-0.2, 0) is 16.0 Å². The summed E-state index contributed by atoms with van der Waals surface area (Å²) in [5, 5.41) is 11.7. The van der Waals surface area contributed by atoms with E-state index in [9.17, 15) is 9.59 Å². The molecule has 5 nitrogen and oxygen atoms in total. The Labute approximate surface area is 106 Å². The third kappa shape index (κ3) is 4.18. The highest BCUT2D eigenvalue weighted by molar-refractivity contribution is 5.89. The smallest absolute Gasteiger partial charge is 0.237 e. The van der Waals surface area contributed by atoms with E-state index in [1.54, 1.807) is 19.1 Å². The number of nitrogens with two attached hydrogens (primary N) is 1. The SMILES string of the molecule is CC(=O)[C@H](C)NC(=O)[C@@H](N)Cc1ccc(O)cc1. The normalized spacial score (nSPS) is 13.7. The number of nitrogens with one attached hydrogen (secondary N) is 1. The fourth-order valence-corrected chi connectivity index (χ4v) is 1.40. The van der Waals surface area contributed by atoms with Crippen molar-refractivity contribution in [2.24, 2.45) is 5.73 Å². The van der Waals surface area contributed by atoms with E-state index in [2.05, 4.69) is 5.32 Å².